The highest BCUT2D eigenvalue weighted by atomic mass is 19.1. The first-order valence-electron chi connectivity index (χ1n) is 15.2. The first-order chi connectivity index (χ1) is 19.7. The highest BCUT2D eigenvalue weighted by molar-refractivity contribution is 5.99. The molecule has 0 radical (unpaired) electrons. The van der Waals surface area contributed by atoms with Crippen molar-refractivity contribution in [2.75, 3.05) is 26.7 Å². The second-order valence-corrected chi connectivity index (χ2v) is 12.3. The van der Waals surface area contributed by atoms with E-state index in [1.54, 1.807) is 24.9 Å². The highest BCUT2D eigenvalue weighted by Gasteiger charge is 2.27. The van der Waals surface area contributed by atoms with Crippen LogP contribution in [0.25, 0.3) is 16.6 Å². The number of fused-ring (bicyclic) bond motifs is 1. The minimum atomic E-state index is -0.419. The van der Waals surface area contributed by atoms with Gasteiger partial charge in [-0.3, -0.25) is 14.6 Å². The molecular formula is C33H44FN5O2. The van der Waals surface area contributed by atoms with Crippen molar-refractivity contribution in [2.45, 2.75) is 83.7 Å². The van der Waals surface area contributed by atoms with Gasteiger partial charge in [0.05, 0.1) is 23.0 Å². The van der Waals surface area contributed by atoms with Crippen molar-refractivity contribution in [1.29, 1.82) is 0 Å². The topological polar surface area (TPSA) is 70.5 Å². The van der Waals surface area contributed by atoms with Gasteiger partial charge in [0.2, 0.25) is 5.91 Å². The average Bonchev–Trinajstić information content (AvgIpc) is 3.35. The van der Waals surface area contributed by atoms with Crippen molar-refractivity contribution in [2.24, 2.45) is 5.92 Å². The number of benzene rings is 1. The minimum absolute atomic E-state index is 0.00112. The molecule has 3 aromatic rings. The zero-order valence-electron chi connectivity index (χ0n) is 24.9. The fourth-order valence-electron chi connectivity index (χ4n) is 6.65. The molecule has 1 saturated heterocycles. The molecule has 2 aromatic heterocycles. The summed E-state index contributed by atoms with van der Waals surface area (Å²) in [4.78, 5) is 33.4. The molecule has 1 saturated carbocycles. The van der Waals surface area contributed by atoms with Crippen molar-refractivity contribution >= 4 is 22.7 Å². The van der Waals surface area contributed by atoms with Crippen LogP contribution in [0.4, 0.5) is 4.39 Å². The molecule has 2 aliphatic rings. The number of likely N-dealkylation sites (tertiary alicyclic amines) is 1. The van der Waals surface area contributed by atoms with Gasteiger partial charge in [0.1, 0.15) is 5.82 Å². The molecule has 1 aliphatic heterocycles. The first-order valence-corrected chi connectivity index (χ1v) is 15.2. The lowest BCUT2D eigenvalue weighted by Crippen LogP contribution is -2.37. The standard InChI is InChI=1S/C33H44FN5O2/c1-22(2)37(4)33(41)29-19-26(34)7-10-31(29)39-21-30(28-11-15-35-20-32(28)39)25-13-17-38(18-14-25)16-12-24-5-8-27(9-6-24)36-23(3)40/h7,10-11,15,19-22,24-25,27H,5-6,8-9,12-14,16-18H2,1-4H3,(H,36,40)/t24-,27-. The molecule has 1 aromatic carbocycles. The number of nitrogens with zero attached hydrogens (tertiary/aromatic N) is 4. The zero-order chi connectivity index (χ0) is 29.1. The summed E-state index contributed by atoms with van der Waals surface area (Å²) >= 11 is 0. The van der Waals surface area contributed by atoms with Crippen LogP contribution in [0.1, 0.15) is 87.6 Å². The highest BCUT2D eigenvalue weighted by Crippen LogP contribution is 2.37. The second-order valence-electron chi connectivity index (χ2n) is 12.3. The molecule has 220 valence electrons. The number of nitrogens with one attached hydrogen (secondary N) is 1. The van der Waals surface area contributed by atoms with Crippen molar-refractivity contribution < 1.29 is 14.0 Å². The van der Waals surface area contributed by atoms with Crippen molar-refractivity contribution in [3.8, 4) is 5.69 Å². The quantitative estimate of drug-likeness (QED) is 0.371. The number of halogens is 1. The van der Waals surface area contributed by atoms with Gasteiger partial charge in [-0.05, 0) is 120 Å². The summed E-state index contributed by atoms with van der Waals surface area (Å²) in [5.41, 5.74) is 3.25. The Morgan fingerprint density at radius 3 is 2.51 bits per heavy atom. The SMILES string of the molecule is CC(=O)N[C@H]1CC[C@H](CCN2CCC(c3cn(-c4ccc(F)cc4C(=O)N(C)C(C)C)c4cnccc34)CC2)CC1. The Kier molecular flexibility index (Phi) is 9.07. The van der Waals surface area contributed by atoms with E-state index >= 15 is 0 Å². The third-order valence-corrected chi connectivity index (χ3v) is 9.32. The maximum Gasteiger partial charge on any atom is 0.256 e. The van der Waals surface area contributed by atoms with E-state index in [-0.39, 0.29) is 17.9 Å². The van der Waals surface area contributed by atoms with E-state index < -0.39 is 5.82 Å². The van der Waals surface area contributed by atoms with Gasteiger partial charge in [-0.25, -0.2) is 4.39 Å². The van der Waals surface area contributed by atoms with Gasteiger partial charge < -0.3 is 19.7 Å². The number of hydrogen-bond donors (Lipinski definition) is 1. The van der Waals surface area contributed by atoms with Crippen LogP contribution in [0.2, 0.25) is 0 Å². The lowest BCUT2D eigenvalue weighted by molar-refractivity contribution is -0.119. The molecule has 1 aliphatic carbocycles. The smallest absolute Gasteiger partial charge is 0.256 e. The molecule has 7 nitrogen and oxygen atoms in total. The predicted molar refractivity (Wildman–Crippen MR) is 161 cm³/mol. The van der Waals surface area contributed by atoms with E-state index in [2.05, 4.69) is 27.5 Å². The third-order valence-electron chi connectivity index (χ3n) is 9.32. The first kappa shape index (κ1) is 29.2. The Morgan fingerprint density at radius 1 is 1.10 bits per heavy atom. The molecule has 0 unspecified atom stereocenters. The molecule has 3 heterocycles. The largest absolute Gasteiger partial charge is 0.354 e. The minimum Gasteiger partial charge on any atom is -0.354 e. The third kappa shape index (κ3) is 6.64. The second kappa shape index (κ2) is 12.7. The predicted octanol–water partition coefficient (Wildman–Crippen LogP) is 5.91. The van der Waals surface area contributed by atoms with E-state index in [9.17, 15) is 14.0 Å². The molecular weight excluding hydrogens is 517 g/mol. The Morgan fingerprint density at radius 2 is 1.83 bits per heavy atom. The van der Waals surface area contributed by atoms with Gasteiger partial charge in [-0.1, -0.05) is 0 Å². The lowest BCUT2D eigenvalue weighted by Gasteiger charge is -2.34. The number of rotatable bonds is 8. The maximum absolute atomic E-state index is 14.4. The van der Waals surface area contributed by atoms with Gasteiger partial charge in [0.15, 0.2) is 0 Å². The molecule has 1 N–H and O–H groups in total. The van der Waals surface area contributed by atoms with Crippen LogP contribution >= 0.6 is 0 Å². The average molecular weight is 562 g/mol. The number of aromatic nitrogens is 2. The summed E-state index contributed by atoms with van der Waals surface area (Å²) in [5.74, 6) is 0.644. The van der Waals surface area contributed by atoms with Gasteiger partial charge in [0.25, 0.3) is 5.91 Å². The number of hydrogen-bond acceptors (Lipinski definition) is 4. The number of piperidine rings is 1. The molecule has 41 heavy (non-hydrogen) atoms. The lowest BCUT2D eigenvalue weighted by atomic mass is 9.83. The van der Waals surface area contributed by atoms with Gasteiger partial charge >= 0.3 is 0 Å². The van der Waals surface area contributed by atoms with Crippen LogP contribution in [0.15, 0.2) is 42.9 Å². The van der Waals surface area contributed by atoms with Gasteiger partial charge in [-0.2, -0.15) is 0 Å². The van der Waals surface area contributed by atoms with Crippen LogP contribution in [0, 0.1) is 11.7 Å². The Labute approximate surface area is 243 Å². The van der Waals surface area contributed by atoms with Crippen molar-refractivity contribution in [1.82, 2.24) is 24.7 Å². The van der Waals surface area contributed by atoms with Crippen molar-refractivity contribution in [3.05, 3.63) is 59.8 Å². The Balaban J connectivity index is 1.28. The van der Waals surface area contributed by atoms with E-state index in [0.717, 1.165) is 62.1 Å². The summed E-state index contributed by atoms with van der Waals surface area (Å²) in [6, 6.07) is 6.91. The number of carbonyl (C=O) groups is 2. The van der Waals surface area contributed by atoms with Crippen LogP contribution in [0.3, 0.4) is 0 Å². The number of carbonyl (C=O) groups excluding carboxylic acids is 2. The number of pyridine rings is 1. The van der Waals surface area contributed by atoms with Crippen LogP contribution < -0.4 is 5.32 Å². The van der Waals surface area contributed by atoms with Crippen molar-refractivity contribution in [3.63, 3.8) is 0 Å². The normalized spacial score (nSPS) is 20.4. The van der Waals surface area contributed by atoms with E-state index in [4.69, 9.17) is 0 Å². The summed E-state index contributed by atoms with van der Waals surface area (Å²) in [7, 11) is 1.76. The molecule has 0 bridgehead atoms. The Hall–Kier alpha value is -3.26. The van der Waals surface area contributed by atoms with Gasteiger partial charge in [-0.15, -0.1) is 0 Å². The zero-order valence-corrected chi connectivity index (χ0v) is 24.9. The molecule has 2 amide bonds. The van der Waals surface area contributed by atoms with Crippen LogP contribution in [-0.2, 0) is 4.79 Å². The van der Waals surface area contributed by atoms with E-state index in [0.29, 0.717) is 23.2 Å². The summed E-state index contributed by atoms with van der Waals surface area (Å²) < 4.78 is 16.4. The molecule has 0 spiro atoms. The van der Waals surface area contributed by atoms with E-state index in [1.807, 2.05) is 30.8 Å². The van der Waals surface area contributed by atoms with E-state index in [1.165, 1.54) is 37.0 Å². The number of amides is 2. The van der Waals surface area contributed by atoms with Gasteiger partial charge in [0, 0.05) is 43.8 Å². The summed E-state index contributed by atoms with van der Waals surface area (Å²) in [6.45, 7) is 8.80. The molecule has 0 atom stereocenters. The monoisotopic (exact) mass is 561 g/mol. The van der Waals surface area contributed by atoms with Crippen LogP contribution in [0.5, 0.6) is 0 Å². The maximum atomic E-state index is 14.4. The fraction of sp³-hybridized carbons (Fsp3) is 0.545. The summed E-state index contributed by atoms with van der Waals surface area (Å²) in [5, 5.41) is 4.23. The Bertz CT molecular complexity index is 1370. The molecule has 8 heteroatoms. The molecule has 2 fully saturated rings. The fourth-order valence-corrected chi connectivity index (χ4v) is 6.65. The summed E-state index contributed by atoms with van der Waals surface area (Å²) in [6.07, 6.45) is 13.8. The molecule has 5 rings (SSSR count). The van der Waals surface area contributed by atoms with Crippen LogP contribution in [-0.4, -0.2) is 69.9 Å².